The number of nitrogens with zero attached hydrogens (tertiary/aromatic N) is 3. The number of fused-ring (bicyclic) bond motifs is 1. The lowest BCUT2D eigenvalue weighted by molar-refractivity contribution is 0.442. The van der Waals surface area contributed by atoms with Crippen LogP contribution in [-0.4, -0.2) is 19.5 Å². The highest BCUT2D eigenvalue weighted by molar-refractivity contribution is 5.63. The van der Waals surface area contributed by atoms with Gasteiger partial charge in [0.15, 0.2) is 5.65 Å². The van der Waals surface area contributed by atoms with E-state index in [9.17, 15) is 9.50 Å². The SMILES string of the molecule is Oc1c(Cc2ccccc2)nc2c(Cc3ccccc3)nc(-c3ccccc3F)cn12. The monoisotopic (exact) mass is 409 g/mol. The molecule has 0 radical (unpaired) electrons. The molecule has 31 heavy (non-hydrogen) atoms. The van der Waals surface area contributed by atoms with E-state index in [1.54, 1.807) is 28.8 Å². The summed E-state index contributed by atoms with van der Waals surface area (Å²) in [5.41, 5.74) is 4.77. The summed E-state index contributed by atoms with van der Waals surface area (Å²) in [5.74, 6) is -0.308. The predicted octanol–water partition coefficient (Wildman–Crippen LogP) is 5.42. The first-order valence-corrected chi connectivity index (χ1v) is 10.1. The van der Waals surface area contributed by atoms with Crippen molar-refractivity contribution in [3.05, 3.63) is 119 Å². The Bertz CT molecular complexity index is 1350. The summed E-state index contributed by atoms with van der Waals surface area (Å²) in [6, 6.07) is 26.3. The molecule has 0 unspecified atom stereocenters. The average Bonchev–Trinajstić information content (AvgIpc) is 3.11. The molecule has 5 rings (SSSR count). The first-order chi connectivity index (χ1) is 15.2. The maximum atomic E-state index is 14.5. The van der Waals surface area contributed by atoms with Gasteiger partial charge in [0.05, 0.1) is 11.4 Å². The molecule has 0 spiro atoms. The van der Waals surface area contributed by atoms with Crippen LogP contribution in [0.15, 0.2) is 91.1 Å². The van der Waals surface area contributed by atoms with Crippen molar-refractivity contribution in [2.45, 2.75) is 12.8 Å². The molecule has 0 bridgehead atoms. The topological polar surface area (TPSA) is 50.4 Å². The number of hydrogen-bond donors (Lipinski definition) is 1. The Morgan fingerprint density at radius 3 is 1.94 bits per heavy atom. The molecule has 0 fully saturated rings. The lowest BCUT2D eigenvalue weighted by Crippen LogP contribution is -2.01. The Kier molecular flexibility index (Phi) is 4.92. The fourth-order valence-corrected chi connectivity index (χ4v) is 3.76. The molecule has 2 aromatic heterocycles. The molecule has 5 aromatic rings. The Hall–Kier alpha value is -3.99. The molecule has 0 aliphatic carbocycles. The Balaban J connectivity index is 1.68. The van der Waals surface area contributed by atoms with Crippen LogP contribution in [0.3, 0.4) is 0 Å². The zero-order valence-electron chi connectivity index (χ0n) is 16.7. The van der Waals surface area contributed by atoms with E-state index >= 15 is 0 Å². The minimum Gasteiger partial charge on any atom is -0.493 e. The van der Waals surface area contributed by atoms with Crippen molar-refractivity contribution in [2.75, 3.05) is 0 Å². The molecule has 0 saturated carbocycles. The number of hydrogen-bond acceptors (Lipinski definition) is 3. The third-order valence-corrected chi connectivity index (χ3v) is 5.30. The van der Waals surface area contributed by atoms with Crippen LogP contribution < -0.4 is 0 Å². The molecule has 1 N–H and O–H groups in total. The zero-order valence-corrected chi connectivity index (χ0v) is 16.7. The normalized spacial score (nSPS) is 11.1. The van der Waals surface area contributed by atoms with Gasteiger partial charge in [0.1, 0.15) is 11.5 Å². The second-order valence-electron chi connectivity index (χ2n) is 7.45. The average molecular weight is 409 g/mol. The Morgan fingerprint density at radius 2 is 1.29 bits per heavy atom. The number of halogens is 1. The van der Waals surface area contributed by atoms with E-state index in [0.29, 0.717) is 41.1 Å². The van der Waals surface area contributed by atoms with Crippen LogP contribution in [0.1, 0.15) is 22.5 Å². The molecule has 0 saturated heterocycles. The molecular weight excluding hydrogens is 389 g/mol. The summed E-state index contributed by atoms with van der Waals surface area (Å²) in [5, 5.41) is 11.0. The van der Waals surface area contributed by atoms with Gasteiger partial charge in [-0.3, -0.25) is 4.40 Å². The third kappa shape index (κ3) is 3.78. The molecule has 5 heteroatoms. The largest absolute Gasteiger partial charge is 0.493 e. The predicted molar refractivity (Wildman–Crippen MR) is 119 cm³/mol. The molecule has 2 heterocycles. The first kappa shape index (κ1) is 19.0. The standard InChI is InChI=1S/C26H20FN3O/c27-21-14-8-7-13-20(21)24-17-30-25(22(28-24)15-18-9-3-1-4-10-18)29-23(26(30)31)16-19-11-5-2-6-12-19/h1-14,17,31H,15-16H2. The van der Waals surface area contributed by atoms with E-state index in [1.165, 1.54) is 6.07 Å². The van der Waals surface area contributed by atoms with Crippen LogP contribution in [0.4, 0.5) is 4.39 Å². The maximum Gasteiger partial charge on any atom is 0.219 e. The second kappa shape index (κ2) is 8.03. The molecule has 0 aliphatic rings. The van der Waals surface area contributed by atoms with Gasteiger partial charge in [-0.2, -0.15) is 0 Å². The van der Waals surface area contributed by atoms with Crippen LogP contribution in [0.2, 0.25) is 0 Å². The van der Waals surface area contributed by atoms with Crippen molar-refractivity contribution in [1.82, 2.24) is 14.4 Å². The lowest BCUT2D eigenvalue weighted by Gasteiger charge is -2.09. The summed E-state index contributed by atoms with van der Waals surface area (Å²) < 4.78 is 16.1. The van der Waals surface area contributed by atoms with Crippen molar-refractivity contribution in [3.63, 3.8) is 0 Å². The van der Waals surface area contributed by atoms with Crippen LogP contribution in [-0.2, 0) is 12.8 Å². The lowest BCUT2D eigenvalue weighted by atomic mass is 10.1. The fourth-order valence-electron chi connectivity index (χ4n) is 3.76. The minimum atomic E-state index is -0.357. The van der Waals surface area contributed by atoms with E-state index in [0.717, 1.165) is 11.1 Å². The third-order valence-electron chi connectivity index (χ3n) is 5.30. The van der Waals surface area contributed by atoms with Crippen molar-refractivity contribution >= 4 is 5.65 Å². The van der Waals surface area contributed by atoms with E-state index in [1.807, 2.05) is 60.7 Å². The fraction of sp³-hybridized carbons (Fsp3) is 0.0769. The molecule has 0 amide bonds. The number of benzene rings is 3. The van der Waals surface area contributed by atoms with Gasteiger partial charge in [0.2, 0.25) is 5.88 Å². The van der Waals surface area contributed by atoms with Crippen molar-refractivity contribution in [1.29, 1.82) is 0 Å². The van der Waals surface area contributed by atoms with E-state index in [4.69, 9.17) is 9.97 Å². The number of aromatic nitrogens is 3. The van der Waals surface area contributed by atoms with Gasteiger partial charge < -0.3 is 5.11 Å². The van der Waals surface area contributed by atoms with Gasteiger partial charge in [-0.05, 0) is 23.3 Å². The van der Waals surface area contributed by atoms with Crippen LogP contribution >= 0.6 is 0 Å². The maximum absolute atomic E-state index is 14.5. The molecular formula is C26H20FN3O. The van der Waals surface area contributed by atoms with E-state index in [2.05, 4.69) is 0 Å². The summed E-state index contributed by atoms with van der Waals surface area (Å²) in [7, 11) is 0. The minimum absolute atomic E-state index is 0.0492. The second-order valence-corrected chi connectivity index (χ2v) is 7.45. The number of imidazole rings is 1. The van der Waals surface area contributed by atoms with Crippen molar-refractivity contribution < 1.29 is 9.50 Å². The number of rotatable bonds is 5. The van der Waals surface area contributed by atoms with Crippen LogP contribution in [0, 0.1) is 5.82 Å². The summed E-state index contributed by atoms with van der Waals surface area (Å²) in [6.45, 7) is 0. The van der Waals surface area contributed by atoms with E-state index < -0.39 is 0 Å². The van der Waals surface area contributed by atoms with E-state index in [-0.39, 0.29) is 11.7 Å². The van der Waals surface area contributed by atoms with Crippen molar-refractivity contribution in [2.24, 2.45) is 0 Å². The van der Waals surface area contributed by atoms with Gasteiger partial charge in [-0.25, -0.2) is 14.4 Å². The highest BCUT2D eigenvalue weighted by Gasteiger charge is 2.18. The first-order valence-electron chi connectivity index (χ1n) is 10.1. The Morgan fingerprint density at radius 1 is 0.710 bits per heavy atom. The van der Waals surface area contributed by atoms with Gasteiger partial charge >= 0.3 is 0 Å². The smallest absolute Gasteiger partial charge is 0.219 e. The van der Waals surface area contributed by atoms with Gasteiger partial charge in [0.25, 0.3) is 0 Å². The number of aromatic hydroxyl groups is 1. The van der Waals surface area contributed by atoms with Crippen LogP contribution in [0.25, 0.3) is 16.9 Å². The van der Waals surface area contributed by atoms with Gasteiger partial charge in [-0.15, -0.1) is 0 Å². The summed E-state index contributed by atoms with van der Waals surface area (Å²) >= 11 is 0. The summed E-state index contributed by atoms with van der Waals surface area (Å²) in [4.78, 5) is 9.47. The molecule has 3 aromatic carbocycles. The highest BCUT2D eigenvalue weighted by Crippen LogP contribution is 2.29. The Labute approximate surface area is 179 Å². The van der Waals surface area contributed by atoms with Gasteiger partial charge in [0, 0.05) is 24.6 Å². The molecule has 0 atom stereocenters. The molecule has 0 aliphatic heterocycles. The molecule has 4 nitrogen and oxygen atoms in total. The van der Waals surface area contributed by atoms with Crippen molar-refractivity contribution in [3.8, 4) is 17.1 Å². The zero-order chi connectivity index (χ0) is 21.2. The van der Waals surface area contributed by atoms with Crippen LogP contribution in [0.5, 0.6) is 5.88 Å². The van der Waals surface area contributed by atoms with Gasteiger partial charge in [-0.1, -0.05) is 72.8 Å². The quantitative estimate of drug-likeness (QED) is 0.422. The highest BCUT2D eigenvalue weighted by atomic mass is 19.1. The summed E-state index contributed by atoms with van der Waals surface area (Å²) in [6.07, 6.45) is 2.67. The molecule has 152 valence electrons.